The summed E-state index contributed by atoms with van der Waals surface area (Å²) in [6.45, 7) is 2.60. The molecule has 0 aliphatic carbocycles. The lowest BCUT2D eigenvalue weighted by molar-refractivity contribution is -0.118. The SMILES string of the molecule is COC1=NCc2cc(CC(=O)CCc3c(C)cccc3Cl)ncc21. The number of hydrogen-bond donors (Lipinski definition) is 0. The zero-order valence-electron chi connectivity index (χ0n) is 13.8. The van der Waals surface area contributed by atoms with Gasteiger partial charge in [-0.1, -0.05) is 23.7 Å². The number of hydrogen-bond acceptors (Lipinski definition) is 4. The Kier molecular flexibility index (Phi) is 4.95. The number of pyridine rings is 1. The highest BCUT2D eigenvalue weighted by atomic mass is 35.5. The zero-order chi connectivity index (χ0) is 17.1. The fourth-order valence-electron chi connectivity index (χ4n) is 2.92. The smallest absolute Gasteiger partial charge is 0.218 e. The summed E-state index contributed by atoms with van der Waals surface area (Å²) in [6, 6.07) is 7.75. The van der Waals surface area contributed by atoms with Gasteiger partial charge in [0.25, 0.3) is 0 Å². The molecule has 2 heterocycles. The van der Waals surface area contributed by atoms with Crippen LogP contribution in [0.1, 0.15) is 34.4 Å². The average molecular weight is 343 g/mol. The lowest BCUT2D eigenvalue weighted by atomic mass is 10.0. The molecule has 5 heteroatoms. The summed E-state index contributed by atoms with van der Waals surface area (Å²) < 4.78 is 5.20. The molecule has 1 aromatic carbocycles. The van der Waals surface area contributed by atoms with Gasteiger partial charge >= 0.3 is 0 Å². The number of carbonyl (C=O) groups is 1. The quantitative estimate of drug-likeness (QED) is 0.832. The summed E-state index contributed by atoms with van der Waals surface area (Å²) in [6.07, 6.45) is 3.19. The number of aromatic nitrogens is 1. The van der Waals surface area contributed by atoms with E-state index in [1.165, 1.54) is 0 Å². The molecule has 0 fully saturated rings. The van der Waals surface area contributed by atoms with Crippen molar-refractivity contribution >= 4 is 23.3 Å². The Morgan fingerprint density at radius 3 is 2.96 bits per heavy atom. The van der Waals surface area contributed by atoms with Crippen molar-refractivity contribution in [2.45, 2.75) is 32.7 Å². The van der Waals surface area contributed by atoms with E-state index in [2.05, 4.69) is 9.98 Å². The van der Waals surface area contributed by atoms with Gasteiger partial charge in [-0.25, -0.2) is 4.99 Å². The number of methoxy groups -OCH3 is 1. The van der Waals surface area contributed by atoms with Crippen molar-refractivity contribution in [3.05, 3.63) is 63.4 Å². The fourth-order valence-corrected chi connectivity index (χ4v) is 3.24. The van der Waals surface area contributed by atoms with Crippen LogP contribution in [0.15, 0.2) is 35.5 Å². The number of carbonyl (C=O) groups excluding carboxylic acids is 1. The predicted molar refractivity (Wildman–Crippen MR) is 94.7 cm³/mol. The molecule has 4 nitrogen and oxygen atoms in total. The Bertz CT molecular complexity index is 795. The van der Waals surface area contributed by atoms with E-state index in [9.17, 15) is 4.79 Å². The molecule has 1 aromatic heterocycles. The molecule has 0 N–H and O–H groups in total. The van der Waals surface area contributed by atoms with Crippen molar-refractivity contribution in [1.82, 2.24) is 4.98 Å². The summed E-state index contributed by atoms with van der Waals surface area (Å²) in [7, 11) is 1.60. The Morgan fingerprint density at radius 1 is 1.38 bits per heavy atom. The van der Waals surface area contributed by atoms with Crippen molar-refractivity contribution in [3.63, 3.8) is 0 Å². The van der Waals surface area contributed by atoms with Gasteiger partial charge in [-0.3, -0.25) is 9.78 Å². The minimum atomic E-state index is 0.160. The summed E-state index contributed by atoms with van der Waals surface area (Å²) in [5.41, 5.74) is 4.93. The van der Waals surface area contributed by atoms with E-state index < -0.39 is 0 Å². The molecule has 2 aromatic rings. The number of fused-ring (bicyclic) bond motifs is 1. The Labute approximate surface area is 146 Å². The van der Waals surface area contributed by atoms with Crippen LogP contribution in [0.25, 0.3) is 0 Å². The van der Waals surface area contributed by atoms with E-state index in [-0.39, 0.29) is 5.78 Å². The number of aryl methyl sites for hydroxylation is 1. The lowest BCUT2D eigenvalue weighted by Crippen LogP contribution is -2.08. The van der Waals surface area contributed by atoms with E-state index in [4.69, 9.17) is 16.3 Å². The highest BCUT2D eigenvalue weighted by Gasteiger charge is 2.18. The molecule has 1 aliphatic rings. The number of aliphatic imine (C=N–C) groups is 1. The van der Waals surface area contributed by atoms with Crippen LogP contribution in [-0.4, -0.2) is 23.8 Å². The first kappa shape index (κ1) is 16.7. The summed E-state index contributed by atoms with van der Waals surface area (Å²) >= 11 is 6.22. The topological polar surface area (TPSA) is 51.5 Å². The average Bonchev–Trinajstić information content (AvgIpc) is 2.96. The Hall–Kier alpha value is -2.20. The number of nitrogens with zero attached hydrogens (tertiary/aromatic N) is 2. The highest BCUT2D eigenvalue weighted by Crippen LogP contribution is 2.22. The van der Waals surface area contributed by atoms with Crippen molar-refractivity contribution in [2.75, 3.05) is 7.11 Å². The van der Waals surface area contributed by atoms with Crippen molar-refractivity contribution in [2.24, 2.45) is 4.99 Å². The first-order valence-corrected chi connectivity index (χ1v) is 8.28. The van der Waals surface area contributed by atoms with E-state index in [1.54, 1.807) is 13.3 Å². The Balaban J connectivity index is 1.62. The number of Topliss-reactive ketones (excluding diaryl/α,β-unsaturated/α-hetero) is 1. The molecule has 0 bridgehead atoms. The summed E-state index contributed by atoms with van der Waals surface area (Å²) in [5, 5.41) is 0.725. The van der Waals surface area contributed by atoms with Gasteiger partial charge in [0, 0.05) is 29.8 Å². The van der Waals surface area contributed by atoms with Gasteiger partial charge in [0.15, 0.2) is 0 Å². The first-order chi connectivity index (χ1) is 11.6. The van der Waals surface area contributed by atoms with E-state index >= 15 is 0 Å². The van der Waals surface area contributed by atoms with Gasteiger partial charge in [-0.15, -0.1) is 0 Å². The second-order valence-electron chi connectivity index (χ2n) is 5.91. The number of ketones is 1. The van der Waals surface area contributed by atoms with Gasteiger partial charge in [-0.05, 0) is 42.2 Å². The molecular formula is C19H19ClN2O2. The maximum Gasteiger partial charge on any atom is 0.218 e. The molecule has 1 aliphatic heterocycles. The second-order valence-corrected chi connectivity index (χ2v) is 6.32. The molecule has 124 valence electrons. The number of rotatable bonds is 5. The minimum absolute atomic E-state index is 0.160. The highest BCUT2D eigenvalue weighted by molar-refractivity contribution is 6.31. The maximum atomic E-state index is 12.3. The lowest BCUT2D eigenvalue weighted by Gasteiger charge is -2.08. The zero-order valence-corrected chi connectivity index (χ0v) is 14.6. The number of ether oxygens (including phenoxy) is 1. The van der Waals surface area contributed by atoms with Gasteiger partial charge in [0.05, 0.1) is 19.2 Å². The first-order valence-electron chi connectivity index (χ1n) is 7.90. The van der Waals surface area contributed by atoms with Crippen molar-refractivity contribution in [3.8, 4) is 0 Å². The van der Waals surface area contributed by atoms with Crippen LogP contribution in [-0.2, 0) is 28.9 Å². The number of benzene rings is 1. The third-order valence-corrected chi connectivity index (χ3v) is 4.60. The van der Waals surface area contributed by atoms with Crippen LogP contribution in [0.4, 0.5) is 0 Å². The second kappa shape index (κ2) is 7.14. The molecule has 24 heavy (non-hydrogen) atoms. The third-order valence-electron chi connectivity index (χ3n) is 4.25. The molecule has 3 rings (SSSR count). The largest absolute Gasteiger partial charge is 0.481 e. The Morgan fingerprint density at radius 2 is 2.21 bits per heavy atom. The molecule has 0 atom stereocenters. The summed E-state index contributed by atoms with van der Waals surface area (Å²) in [4.78, 5) is 21.0. The maximum absolute atomic E-state index is 12.3. The van der Waals surface area contributed by atoms with E-state index in [0.717, 1.165) is 33.0 Å². The van der Waals surface area contributed by atoms with Crippen LogP contribution in [0.2, 0.25) is 5.02 Å². The van der Waals surface area contributed by atoms with E-state index in [1.807, 2.05) is 31.2 Å². The van der Waals surface area contributed by atoms with Gasteiger partial charge in [0.1, 0.15) is 5.78 Å². The third kappa shape index (κ3) is 3.49. The predicted octanol–water partition coefficient (Wildman–Crippen LogP) is 3.69. The molecular weight excluding hydrogens is 324 g/mol. The van der Waals surface area contributed by atoms with Crippen molar-refractivity contribution in [1.29, 1.82) is 0 Å². The molecule has 0 saturated heterocycles. The van der Waals surface area contributed by atoms with Gasteiger partial charge in [-0.2, -0.15) is 0 Å². The summed E-state index contributed by atoms with van der Waals surface area (Å²) in [5.74, 6) is 0.775. The van der Waals surface area contributed by atoms with Gasteiger partial charge < -0.3 is 4.74 Å². The van der Waals surface area contributed by atoms with Gasteiger partial charge in [0.2, 0.25) is 5.90 Å². The number of halogens is 1. The molecule has 0 saturated carbocycles. The molecule has 0 spiro atoms. The minimum Gasteiger partial charge on any atom is -0.481 e. The van der Waals surface area contributed by atoms with Crippen LogP contribution >= 0.6 is 11.6 Å². The van der Waals surface area contributed by atoms with Crippen LogP contribution in [0.3, 0.4) is 0 Å². The van der Waals surface area contributed by atoms with Crippen LogP contribution in [0, 0.1) is 6.92 Å². The van der Waals surface area contributed by atoms with Crippen LogP contribution in [0.5, 0.6) is 0 Å². The van der Waals surface area contributed by atoms with E-state index in [0.29, 0.717) is 31.7 Å². The fraction of sp³-hybridized carbons (Fsp3) is 0.316. The molecule has 0 radical (unpaired) electrons. The normalized spacial score (nSPS) is 12.7. The van der Waals surface area contributed by atoms with Crippen molar-refractivity contribution < 1.29 is 9.53 Å². The molecule has 0 amide bonds. The monoisotopic (exact) mass is 342 g/mol. The molecule has 0 unspecified atom stereocenters. The van der Waals surface area contributed by atoms with Crippen LogP contribution < -0.4 is 0 Å². The standard InChI is InChI=1S/C19H19ClN2O2/c1-12-4-3-5-18(20)16(12)7-6-15(23)9-14-8-13-10-22-19(24-2)17(13)11-21-14/h3-5,8,11H,6-7,9-10H2,1-2H3.